The summed E-state index contributed by atoms with van der Waals surface area (Å²) in [4.78, 5) is 16.0. The van der Waals surface area contributed by atoms with Gasteiger partial charge >= 0.3 is 0 Å². The number of amides is 1. The van der Waals surface area contributed by atoms with Gasteiger partial charge in [-0.25, -0.2) is 4.39 Å². The van der Waals surface area contributed by atoms with E-state index in [0.29, 0.717) is 27.5 Å². The van der Waals surface area contributed by atoms with Crippen LogP contribution in [0.4, 0.5) is 10.1 Å². The summed E-state index contributed by atoms with van der Waals surface area (Å²) >= 11 is 6.19. The number of aliphatic imine (C=N–C) groups is 1. The van der Waals surface area contributed by atoms with Crippen LogP contribution >= 0.6 is 11.6 Å². The summed E-state index contributed by atoms with van der Waals surface area (Å²) in [6, 6.07) is 9.72. The molecule has 22 heavy (non-hydrogen) atoms. The Morgan fingerprint density at radius 1 is 1.27 bits per heavy atom. The van der Waals surface area contributed by atoms with Gasteiger partial charge in [0.05, 0.1) is 18.0 Å². The first-order valence-electron chi connectivity index (χ1n) is 6.63. The molecule has 0 radical (unpaired) electrons. The third-order valence-electron chi connectivity index (χ3n) is 3.40. The fraction of sp³-hybridized carbons (Fsp3) is 0.125. The van der Waals surface area contributed by atoms with Crippen LogP contribution in [0.15, 0.2) is 41.4 Å². The second kappa shape index (κ2) is 5.87. The first kappa shape index (κ1) is 14.7. The topological polar surface area (TPSA) is 61.7 Å². The molecule has 0 spiro atoms. The molecule has 2 N–H and O–H groups in total. The summed E-state index contributed by atoms with van der Waals surface area (Å²) in [5, 5.41) is 12.3. The first-order valence-corrected chi connectivity index (χ1v) is 7.01. The van der Waals surface area contributed by atoms with Crippen molar-refractivity contribution in [1.82, 2.24) is 0 Å². The van der Waals surface area contributed by atoms with Crippen molar-refractivity contribution in [3.8, 4) is 0 Å². The molecule has 0 fully saturated rings. The first-order chi connectivity index (χ1) is 10.6. The number of anilines is 1. The van der Waals surface area contributed by atoms with Crippen molar-refractivity contribution in [1.29, 1.82) is 0 Å². The van der Waals surface area contributed by atoms with E-state index >= 15 is 0 Å². The number of aliphatic hydroxyl groups excluding tert-OH is 1. The molecular weight excluding hydrogens is 307 g/mol. The Hall–Kier alpha value is -2.24. The molecule has 1 amide bonds. The van der Waals surface area contributed by atoms with E-state index in [2.05, 4.69) is 10.3 Å². The normalized spacial score (nSPS) is 14.0. The van der Waals surface area contributed by atoms with Gasteiger partial charge in [-0.15, -0.1) is 0 Å². The summed E-state index contributed by atoms with van der Waals surface area (Å²) in [6.07, 6.45) is 0. The number of fused-ring (bicyclic) bond motifs is 1. The minimum Gasteiger partial charge on any atom is -0.392 e. The lowest BCUT2D eigenvalue weighted by Crippen LogP contribution is -2.14. The predicted molar refractivity (Wildman–Crippen MR) is 82.9 cm³/mol. The minimum atomic E-state index is -0.558. The molecule has 0 aliphatic carbocycles. The molecule has 112 valence electrons. The molecule has 6 heteroatoms. The molecule has 0 saturated heterocycles. The molecule has 0 atom stereocenters. The lowest BCUT2D eigenvalue weighted by Gasteiger charge is -2.13. The van der Waals surface area contributed by atoms with E-state index in [9.17, 15) is 14.3 Å². The minimum absolute atomic E-state index is 0.0781. The molecule has 2 aromatic carbocycles. The monoisotopic (exact) mass is 318 g/mol. The highest BCUT2D eigenvalue weighted by molar-refractivity contribution is 6.36. The van der Waals surface area contributed by atoms with Crippen LogP contribution in [0.25, 0.3) is 0 Å². The number of aliphatic hydroxyl groups is 1. The van der Waals surface area contributed by atoms with Crippen molar-refractivity contribution in [3.63, 3.8) is 0 Å². The Morgan fingerprint density at radius 2 is 2.05 bits per heavy atom. The molecule has 1 aliphatic rings. The number of hydrogen-bond donors (Lipinski definition) is 2. The van der Waals surface area contributed by atoms with Crippen LogP contribution in [0.3, 0.4) is 0 Å². The van der Waals surface area contributed by atoms with Crippen LogP contribution in [0.1, 0.15) is 16.7 Å². The van der Waals surface area contributed by atoms with Crippen molar-refractivity contribution in [2.75, 3.05) is 11.9 Å². The molecule has 0 unspecified atom stereocenters. The number of benzodiazepines with no additional fused rings is 1. The molecule has 3 rings (SSSR count). The Balaban J connectivity index is 2.23. The van der Waals surface area contributed by atoms with Crippen LogP contribution < -0.4 is 5.32 Å². The van der Waals surface area contributed by atoms with Crippen molar-refractivity contribution in [3.05, 3.63) is 63.9 Å². The Kier molecular flexibility index (Phi) is 3.92. The van der Waals surface area contributed by atoms with E-state index < -0.39 is 12.4 Å². The molecule has 0 saturated carbocycles. The van der Waals surface area contributed by atoms with Gasteiger partial charge in [-0.3, -0.25) is 9.79 Å². The Bertz CT molecular complexity index is 790. The highest BCUT2D eigenvalue weighted by Crippen LogP contribution is 2.28. The summed E-state index contributed by atoms with van der Waals surface area (Å²) < 4.78 is 14.0. The number of benzene rings is 2. The summed E-state index contributed by atoms with van der Waals surface area (Å²) in [5.74, 6) is -0.865. The average molecular weight is 319 g/mol. The number of halogens is 2. The molecule has 1 aliphatic heterocycles. The van der Waals surface area contributed by atoms with E-state index in [4.69, 9.17) is 11.6 Å². The van der Waals surface area contributed by atoms with Gasteiger partial charge in [0.1, 0.15) is 12.4 Å². The smallest absolute Gasteiger partial charge is 0.246 e. The third kappa shape index (κ3) is 2.61. The van der Waals surface area contributed by atoms with Crippen LogP contribution in [-0.4, -0.2) is 23.3 Å². The van der Waals surface area contributed by atoms with E-state index in [-0.39, 0.29) is 18.0 Å². The van der Waals surface area contributed by atoms with Crippen LogP contribution in [0.2, 0.25) is 5.02 Å². The van der Waals surface area contributed by atoms with E-state index in [1.165, 1.54) is 12.1 Å². The number of nitrogens with one attached hydrogen (secondary N) is 1. The Labute approximate surface area is 131 Å². The zero-order valence-electron chi connectivity index (χ0n) is 11.4. The quantitative estimate of drug-likeness (QED) is 0.894. The maximum Gasteiger partial charge on any atom is 0.246 e. The third-order valence-corrected chi connectivity index (χ3v) is 3.73. The number of nitrogens with zero attached hydrogens (tertiary/aromatic N) is 1. The van der Waals surface area contributed by atoms with Gasteiger partial charge in [-0.1, -0.05) is 29.8 Å². The zero-order valence-corrected chi connectivity index (χ0v) is 12.2. The van der Waals surface area contributed by atoms with Gasteiger partial charge in [0.2, 0.25) is 5.91 Å². The molecule has 0 bridgehead atoms. The largest absolute Gasteiger partial charge is 0.392 e. The average Bonchev–Trinajstić information content (AvgIpc) is 2.65. The SMILES string of the molecule is O=C1CN=C(c2ccccc2Cl)c2cc(F)c(CO)cc2N1. The number of carbonyl (C=O) groups is 1. The van der Waals surface area contributed by atoms with E-state index in [1.54, 1.807) is 24.3 Å². The van der Waals surface area contributed by atoms with Crippen LogP contribution in [0, 0.1) is 5.82 Å². The lowest BCUT2D eigenvalue weighted by molar-refractivity contribution is -0.114. The summed E-state index contributed by atoms with van der Waals surface area (Å²) in [5.41, 5.74) is 2.03. The number of hydrogen-bond acceptors (Lipinski definition) is 3. The van der Waals surface area contributed by atoms with Gasteiger partial charge in [-0.2, -0.15) is 0 Å². The second-order valence-corrected chi connectivity index (χ2v) is 5.25. The van der Waals surface area contributed by atoms with E-state index in [1.807, 2.05) is 0 Å². The van der Waals surface area contributed by atoms with Crippen molar-refractivity contribution < 1.29 is 14.3 Å². The van der Waals surface area contributed by atoms with Gasteiger partial charge in [0.15, 0.2) is 0 Å². The summed E-state index contributed by atoms with van der Waals surface area (Å²) in [6.45, 7) is -0.529. The highest BCUT2D eigenvalue weighted by Gasteiger charge is 2.21. The van der Waals surface area contributed by atoms with E-state index in [0.717, 1.165) is 0 Å². The van der Waals surface area contributed by atoms with Crippen molar-refractivity contribution in [2.45, 2.75) is 6.61 Å². The number of carbonyl (C=O) groups excluding carboxylic acids is 1. The maximum absolute atomic E-state index is 14.0. The molecule has 4 nitrogen and oxygen atoms in total. The predicted octanol–water partition coefficient (Wildman–Crippen LogP) is 2.76. The fourth-order valence-corrected chi connectivity index (χ4v) is 2.57. The Morgan fingerprint density at radius 3 is 2.77 bits per heavy atom. The highest BCUT2D eigenvalue weighted by atomic mass is 35.5. The number of rotatable bonds is 2. The van der Waals surface area contributed by atoms with Gasteiger partial charge in [0, 0.05) is 21.7 Å². The molecular formula is C16H12ClFN2O2. The zero-order chi connectivity index (χ0) is 15.7. The van der Waals surface area contributed by atoms with Crippen LogP contribution in [-0.2, 0) is 11.4 Å². The van der Waals surface area contributed by atoms with Gasteiger partial charge in [-0.05, 0) is 18.2 Å². The molecule has 1 heterocycles. The van der Waals surface area contributed by atoms with Crippen LogP contribution in [0.5, 0.6) is 0 Å². The van der Waals surface area contributed by atoms with Gasteiger partial charge < -0.3 is 10.4 Å². The lowest BCUT2D eigenvalue weighted by atomic mass is 9.98. The van der Waals surface area contributed by atoms with Crippen molar-refractivity contribution >= 4 is 28.9 Å². The summed E-state index contributed by atoms with van der Waals surface area (Å²) in [7, 11) is 0. The molecule has 2 aromatic rings. The van der Waals surface area contributed by atoms with Gasteiger partial charge in [0.25, 0.3) is 0 Å². The molecule has 0 aromatic heterocycles. The standard InChI is InChI=1S/C16H12ClFN2O2/c17-12-4-2-1-3-10(12)16-11-6-13(18)9(8-21)5-14(11)20-15(22)7-19-16/h1-6,21H,7-8H2,(H,20,22). The van der Waals surface area contributed by atoms with Crippen molar-refractivity contribution in [2.24, 2.45) is 4.99 Å². The fourth-order valence-electron chi connectivity index (χ4n) is 2.35. The maximum atomic E-state index is 14.0. The second-order valence-electron chi connectivity index (χ2n) is 4.84.